The fraction of sp³-hybridized carbons (Fsp3) is 0.294. The van der Waals surface area contributed by atoms with E-state index >= 15 is 0 Å². The monoisotopic (exact) mass is 348 g/mol. The molecule has 2 aromatic carbocycles. The third-order valence-corrected chi connectivity index (χ3v) is 3.86. The number of likely N-dealkylation sites (N-methyl/N-ethyl adjacent to an activating group) is 1. The zero-order valence-electron chi connectivity index (χ0n) is 12.5. The number of ether oxygens (including phenoxy) is 1. The highest BCUT2D eigenvalue weighted by molar-refractivity contribution is 9.10. The normalized spacial score (nSPS) is 10.7. The number of nitrogens with zero attached hydrogens (tertiary/aromatic N) is 1. The summed E-state index contributed by atoms with van der Waals surface area (Å²) in [7, 11) is 4.08. The van der Waals surface area contributed by atoms with Crippen LogP contribution in [0, 0.1) is 0 Å². The number of nitrogens with one attached hydrogen (secondary N) is 1. The summed E-state index contributed by atoms with van der Waals surface area (Å²) in [6, 6.07) is 16.3. The first-order valence-corrected chi connectivity index (χ1v) is 7.79. The predicted molar refractivity (Wildman–Crippen MR) is 92.0 cm³/mol. The standard InChI is InChI=1S/C17H21BrN2O/c1-20(2)10-11-21-16-8-5-7-15(12-16)19-13-14-6-3-4-9-17(14)18/h3-9,12,19H,10-11,13H2,1-2H3. The Morgan fingerprint density at radius 2 is 1.90 bits per heavy atom. The fourth-order valence-corrected chi connectivity index (χ4v) is 2.31. The number of rotatable bonds is 7. The SMILES string of the molecule is CN(C)CCOc1cccc(NCc2ccccc2Br)c1. The van der Waals surface area contributed by atoms with Crippen LogP contribution in [0.2, 0.25) is 0 Å². The van der Waals surface area contributed by atoms with E-state index < -0.39 is 0 Å². The Balaban J connectivity index is 1.90. The van der Waals surface area contributed by atoms with Gasteiger partial charge < -0.3 is 15.0 Å². The molecular weight excluding hydrogens is 328 g/mol. The molecule has 1 N–H and O–H groups in total. The van der Waals surface area contributed by atoms with Crippen molar-refractivity contribution in [1.29, 1.82) is 0 Å². The van der Waals surface area contributed by atoms with Crippen LogP contribution in [0.1, 0.15) is 5.56 Å². The molecule has 112 valence electrons. The molecule has 0 aromatic heterocycles. The van der Waals surface area contributed by atoms with Gasteiger partial charge in [0.05, 0.1) is 0 Å². The van der Waals surface area contributed by atoms with Gasteiger partial charge in [0, 0.05) is 29.3 Å². The van der Waals surface area contributed by atoms with Gasteiger partial charge in [-0.3, -0.25) is 0 Å². The lowest BCUT2D eigenvalue weighted by atomic mass is 10.2. The Bertz CT molecular complexity index is 572. The van der Waals surface area contributed by atoms with Crippen LogP contribution in [-0.2, 0) is 6.54 Å². The molecule has 0 spiro atoms. The molecule has 0 unspecified atom stereocenters. The molecule has 0 aliphatic carbocycles. The Hall–Kier alpha value is -1.52. The molecule has 0 fully saturated rings. The van der Waals surface area contributed by atoms with Crippen LogP contribution in [-0.4, -0.2) is 32.1 Å². The molecule has 0 aliphatic heterocycles. The number of anilines is 1. The second-order valence-corrected chi connectivity index (χ2v) is 5.98. The predicted octanol–water partition coefficient (Wildman–Crippen LogP) is 4.00. The van der Waals surface area contributed by atoms with Crippen molar-refractivity contribution in [2.75, 3.05) is 32.6 Å². The number of hydrogen-bond donors (Lipinski definition) is 1. The summed E-state index contributed by atoms with van der Waals surface area (Å²) in [5.74, 6) is 0.897. The maximum atomic E-state index is 5.74. The Morgan fingerprint density at radius 1 is 1.10 bits per heavy atom. The van der Waals surface area contributed by atoms with Crippen LogP contribution >= 0.6 is 15.9 Å². The fourth-order valence-electron chi connectivity index (χ4n) is 1.88. The highest BCUT2D eigenvalue weighted by atomic mass is 79.9. The molecule has 0 saturated carbocycles. The molecule has 0 radical (unpaired) electrons. The average Bonchev–Trinajstić information content (AvgIpc) is 2.46. The first-order valence-electron chi connectivity index (χ1n) is 7.00. The van der Waals surface area contributed by atoms with Crippen molar-refractivity contribution in [3.8, 4) is 5.75 Å². The summed E-state index contributed by atoms with van der Waals surface area (Å²) in [5.41, 5.74) is 2.30. The summed E-state index contributed by atoms with van der Waals surface area (Å²) in [4.78, 5) is 2.11. The van der Waals surface area contributed by atoms with Crippen LogP contribution in [0.25, 0.3) is 0 Å². The highest BCUT2D eigenvalue weighted by Crippen LogP contribution is 2.20. The Labute approximate surface area is 135 Å². The van der Waals surface area contributed by atoms with E-state index in [0.717, 1.165) is 29.0 Å². The van der Waals surface area contributed by atoms with E-state index in [-0.39, 0.29) is 0 Å². The lowest BCUT2D eigenvalue weighted by molar-refractivity contribution is 0.261. The second kappa shape index (κ2) is 8.05. The summed E-state index contributed by atoms with van der Waals surface area (Å²) >= 11 is 3.56. The molecule has 4 heteroatoms. The molecule has 0 atom stereocenters. The van der Waals surface area contributed by atoms with Gasteiger partial charge in [0.2, 0.25) is 0 Å². The molecule has 0 amide bonds. The minimum atomic E-state index is 0.695. The molecule has 2 aromatic rings. The summed E-state index contributed by atoms with van der Waals surface area (Å²) < 4.78 is 6.86. The van der Waals surface area contributed by atoms with Crippen molar-refractivity contribution in [3.63, 3.8) is 0 Å². The maximum Gasteiger partial charge on any atom is 0.121 e. The Morgan fingerprint density at radius 3 is 2.67 bits per heavy atom. The molecule has 0 saturated heterocycles. The van der Waals surface area contributed by atoms with E-state index in [1.165, 1.54) is 5.56 Å². The van der Waals surface area contributed by atoms with Gasteiger partial charge in [0.15, 0.2) is 0 Å². The van der Waals surface area contributed by atoms with Gasteiger partial charge in [-0.1, -0.05) is 40.2 Å². The van der Waals surface area contributed by atoms with E-state index in [4.69, 9.17) is 4.74 Å². The highest BCUT2D eigenvalue weighted by Gasteiger charge is 2.00. The zero-order chi connectivity index (χ0) is 15.1. The van der Waals surface area contributed by atoms with E-state index in [1.807, 2.05) is 44.4 Å². The van der Waals surface area contributed by atoms with Crippen molar-refractivity contribution in [2.45, 2.75) is 6.54 Å². The minimum Gasteiger partial charge on any atom is -0.492 e. The van der Waals surface area contributed by atoms with Gasteiger partial charge in [0.1, 0.15) is 12.4 Å². The lowest BCUT2D eigenvalue weighted by Gasteiger charge is -2.13. The average molecular weight is 349 g/mol. The molecule has 0 aliphatic rings. The summed E-state index contributed by atoms with van der Waals surface area (Å²) in [6.07, 6.45) is 0. The number of hydrogen-bond acceptors (Lipinski definition) is 3. The third-order valence-electron chi connectivity index (χ3n) is 3.08. The first-order chi connectivity index (χ1) is 10.1. The van der Waals surface area contributed by atoms with E-state index in [0.29, 0.717) is 6.61 Å². The molecule has 0 bridgehead atoms. The van der Waals surface area contributed by atoms with Crippen molar-refractivity contribution in [3.05, 3.63) is 58.6 Å². The topological polar surface area (TPSA) is 24.5 Å². The van der Waals surface area contributed by atoms with Crippen LogP contribution in [0.5, 0.6) is 5.75 Å². The van der Waals surface area contributed by atoms with Crippen LogP contribution in [0.3, 0.4) is 0 Å². The van der Waals surface area contributed by atoms with Crippen molar-refractivity contribution < 1.29 is 4.74 Å². The quantitative estimate of drug-likeness (QED) is 0.818. The molecule has 3 nitrogen and oxygen atoms in total. The molecule has 21 heavy (non-hydrogen) atoms. The van der Waals surface area contributed by atoms with Crippen LogP contribution < -0.4 is 10.1 Å². The minimum absolute atomic E-state index is 0.695. The van der Waals surface area contributed by atoms with Crippen LogP contribution in [0.15, 0.2) is 53.0 Å². The van der Waals surface area contributed by atoms with Gasteiger partial charge in [-0.25, -0.2) is 0 Å². The zero-order valence-corrected chi connectivity index (χ0v) is 14.1. The van der Waals surface area contributed by atoms with Crippen molar-refractivity contribution in [1.82, 2.24) is 4.90 Å². The number of benzene rings is 2. The second-order valence-electron chi connectivity index (χ2n) is 5.12. The first kappa shape index (κ1) is 15.9. The van der Waals surface area contributed by atoms with E-state index in [1.54, 1.807) is 0 Å². The Kier molecular flexibility index (Phi) is 6.08. The lowest BCUT2D eigenvalue weighted by Crippen LogP contribution is -2.19. The van der Waals surface area contributed by atoms with Crippen molar-refractivity contribution >= 4 is 21.6 Å². The van der Waals surface area contributed by atoms with E-state index in [9.17, 15) is 0 Å². The summed E-state index contributed by atoms with van der Waals surface area (Å²) in [5, 5.41) is 3.42. The van der Waals surface area contributed by atoms with Gasteiger partial charge in [0.25, 0.3) is 0 Å². The molecule has 2 rings (SSSR count). The number of halogens is 1. The summed E-state index contributed by atoms with van der Waals surface area (Å²) in [6.45, 7) is 2.39. The van der Waals surface area contributed by atoms with Gasteiger partial charge >= 0.3 is 0 Å². The molecular formula is C17H21BrN2O. The van der Waals surface area contributed by atoms with Gasteiger partial charge in [-0.05, 0) is 37.9 Å². The maximum absolute atomic E-state index is 5.74. The molecule has 0 heterocycles. The van der Waals surface area contributed by atoms with Gasteiger partial charge in [-0.15, -0.1) is 0 Å². The van der Waals surface area contributed by atoms with E-state index in [2.05, 4.69) is 44.3 Å². The largest absolute Gasteiger partial charge is 0.492 e. The van der Waals surface area contributed by atoms with Crippen LogP contribution in [0.4, 0.5) is 5.69 Å². The smallest absolute Gasteiger partial charge is 0.121 e. The van der Waals surface area contributed by atoms with Crippen molar-refractivity contribution in [2.24, 2.45) is 0 Å². The third kappa shape index (κ3) is 5.40. The van der Waals surface area contributed by atoms with Gasteiger partial charge in [-0.2, -0.15) is 0 Å².